The number of methoxy groups -OCH3 is 1. The summed E-state index contributed by atoms with van der Waals surface area (Å²) in [4.78, 5) is 48.0. The van der Waals surface area contributed by atoms with E-state index in [-0.39, 0.29) is 48.9 Å². The van der Waals surface area contributed by atoms with Crippen LogP contribution in [0.2, 0.25) is 0 Å². The number of fused-ring (bicyclic) bond motifs is 5. The van der Waals surface area contributed by atoms with Gasteiger partial charge in [-0.15, -0.1) is 11.3 Å². The Morgan fingerprint density at radius 3 is 2.72 bits per heavy atom. The Balaban J connectivity index is 1.27. The van der Waals surface area contributed by atoms with Crippen molar-refractivity contribution in [2.45, 2.75) is 12.3 Å². The van der Waals surface area contributed by atoms with Gasteiger partial charge < -0.3 is 29.7 Å². The number of hydrogen-bond acceptors (Lipinski definition) is 8. The summed E-state index contributed by atoms with van der Waals surface area (Å²) in [5.74, 6) is -0.565. The van der Waals surface area contributed by atoms with Crippen molar-refractivity contribution in [3.63, 3.8) is 0 Å². The van der Waals surface area contributed by atoms with E-state index in [2.05, 4.69) is 10.3 Å². The normalized spacial score (nSPS) is 19.2. The lowest BCUT2D eigenvalue weighted by molar-refractivity contribution is -0.124. The summed E-state index contributed by atoms with van der Waals surface area (Å²) < 4.78 is 12.7. The van der Waals surface area contributed by atoms with E-state index in [4.69, 9.17) is 9.47 Å². The van der Waals surface area contributed by atoms with Crippen molar-refractivity contribution >= 4 is 39.1 Å². The maximum absolute atomic E-state index is 13.7. The summed E-state index contributed by atoms with van der Waals surface area (Å²) in [5.41, 5.74) is 1.47. The molecule has 0 unspecified atom stereocenters. The molecular formula is C32H32N4O6S. The first-order chi connectivity index (χ1) is 20.9. The minimum Gasteiger partial charge on any atom is -0.505 e. The molecule has 2 N–H and O–H groups in total. The molecule has 2 aliphatic heterocycles. The Morgan fingerprint density at radius 2 is 1.88 bits per heavy atom. The Bertz CT molecular complexity index is 1670. The molecule has 0 saturated carbocycles. The van der Waals surface area contributed by atoms with Crippen LogP contribution in [0.5, 0.6) is 17.2 Å². The van der Waals surface area contributed by atoms with E-state index in [1.807, 2.05) is 41.8 Å². The van der Waals surface area contributed by atoms with E-state index in [0.717, 1.165) is 15.6 Å². The maximum Gasteiger partial charge on any atom is 0.276 e. The van der Waals surface area contributed by atoms with Gasteiger partial charge in [0.05, 0.1) is 25.1 Å². The van der Waals surface area contributed by atoms with Crippen LogP contribution >= 0.6 is 11.3 Å². The molecule has 11 heteroatoms. The molecule has 2 aliphatic rings. The minimum absolute atomic E-state index is 0.0378. The molecule has 4 aromatic rings. The first-order valence-electron chi connectivity index (χ1n) is 14.2. The molecule has 2 bridgehead atoms. The number of aromatic nitrogens is 1. The molecule has 0 radical (unpaired) electrons. The third kappa shape index (κ3) is 5.72. The van der Waals surface area contributed by atoms with Crippen LogP contribution in [0.15, 0.2) is 66.2 Å². The highest BCUT2D eigenvalue weighted by atomic mass is 32.1. The van der Waals surface area contributed by atoms with Crippen LogP contribution in [0.3, 0.4) is 0 Å². The predicted molar refractivity (Wildman–Crippen MR) is 162 cm³/mol. The van der Waals surface area contributed by atoms with Gasteiger partial charge in [-0.25, -0.2) is 4.98 Å². The van der Waals surface area contributed by atoms with Gasteiger partial charge in [0.15, 0.2) is 17.2 Å². The van der Waals surface area contributed by atoms with Crippen LogP contribution in [-0.4, -0.2) is 84.1 Å². The lowest BCUT2D eigenvalue weighted by atomic mass is 9.88. The number of rotatable bonds is 3. The van der Waals surface area contributed by atoms with E-state index >= 15 is 0 Å². The van der Waals surface area contributed by atoms with Crippen LogP contribution in [-0.2, 0) is 4.79 Å². The molecule has 2 atom stereocenters. The number of hydrogen-bond donors (Lipinski definition) is 2. The number of carbonyl (C=O) groups excluding carboxylic acids is 3. The zero-order chi connectivity index (χ0) is 29.9. The SMILES string of the molecule is COc1ccc2cc1OCCN(C(=O)c1ncccc1O)CCCNC(=O)[C@H]1CN(C(=O)c3csc4ccccc34)C[C@H]21. The van der Waals surface area contributed by atoms with E-state index in [9.17, 15) is 19.5 Å². The quantitative estimate of drug-likeness (QED) is 0.366. The summed E-state index contributed by atoms with van der Waals surface area (Å²) in [6.07, 6.45) is 1.94. The highest BCUT2D eigenvalue weighted by Crippen LogP contribution is 2.39. The van der Waals surface area contributed by atoms with Crippen molar-refractivity contribution in [3.8, 4) is 17.2 Å². The van der Waals surface area contributed by atoms with Crippen molar-refractivity contribution in [1.29, 1.82) is 0 Å². The van der Waals surface area contributed by atoms with Crippen LogP contribution in [0, 0.1) is 5.92 Å². The molecule has 6 rings (SSSR count). The molecule has 2 aromatic heterocycles. The summed E-state index contributed by atoms with van der Waals surface area (Å²) >= 11 is 1.53. The van der Waals surface area contributed by atoms with E-state index in [1.165, 1.54) is 23.6 Å². The summed E-state index contributed by atoms with van der Waals surface area (Å²) in [6.45, 7) is 1.75. The first kappa shape index (κ1) is 28.5. The van der Waals surface area contributed by atoms with E-state index in [1.54, 1.807) is 29.0 Å². The Morgan fingerprint density at radius 1 is 1.05 bits per heavy atom. The number of amides is 3. The highest BCUT2D eigenvalue weighted by molar-refractivity contribution is 7.17. The van der Waals surface area contributed by atoms with Crippen molar-refractivity contribution in [1.82, 2.24) is 20.1 Å². The van der Waals surface area contributed by atoms with Gasteiger partial charge in [0.25, 0.3) is 11.8 Å². The molecule has 2 aromatic carbocycles. The molecule has 3 amide bonds. The fourth-order valence-corrected chi connectivity index (χ4v) is 6.76. The number of likely N-dealkylation sites (tertiary alicyclic amines) is 1. The highest BCUT2D eigenvalue weighted by Gasteiger charge is 2.41. The smallest absolute Gasteiger partial charge is 0.276 e. The van der Waals surface area contributed by atoms with Crippen molar-refractivity contribution < 1.29 is 29.0 Å². The van der Waals surface area contributed by atoms with Crippen molar-refractivity contribution in [3.05, 3.63) is 83.0 Å². The van der Waals surface area contributed by atoms with Crippen LogP contribution in [0.25, 0.3) is 10.1 Å². The predicted octanol–water partition coefficient (Wildman–Crippen LogP) is 3.91. The average molecular weight is 601 g/mol. The molecule has 0 spiro atoms. The number of thiophene rings is 1. The number of nitrogens with zero attached hydrogens (tertiary/aromatic N) is 3. The second kappa shape index (κ2) is 12.3. The monoisotopic (exact) mass is 600 g/mol. The fraction of sp³-hybridized carbons (Fsp3) is 0.312. The lowest BCUT2D eigenvalue weighted by Gasteiger charge is -2.25. The van der Waals surface area contributed by atoms with Crippen LogP contribution < -0.4 is 14.8 Å². The van der Waals surface area contributed by atoms with E-state index in [0.29, 0.717) is 43.1 Å². The molecule has 0 aliphatic carbocycles. The molecule has 1 saturated heterocycles. The number of carbonyl (C=O) groups is 3. The second-order valence-electron chi connectivity index (χ2n) is 10.6. The number of nitrogens with one attached hydrogen (secondary N) is 1. The van der Waals surface area contributed by atoms with Gasteiger partial charge in [0.2, 0.25) is 5.91 Å². The van der Waals surface area contributed by atoms with Gasteiger partial charge in [-0.2, -0.15) is 0 Å². The standard InChI is InChI=1S/C32H32N4O6S/c1-41-26-10-9-20-16-27(26)42-15-14-35(32(40)29-25(37)7-4-11-33-29)13-5-12-34-30(38)23-18-36(17-22(20)23)31(39)24-19-43-28-8-3-2-6-21(24)28/h2-4,6-11,16,19,22-23,37H,5,12-15,17-18H2,1H3,(H,34,38)/t22-,23+/m1/s1. The first-order valence-corrected chi connectivity index (χ1v) is 15.1. The van der Waals surface area contributed by atoms with Gasteiger partial charge in [-0.3, -0.25) is 14.4 Å². The van der Waals surface area contributed by atoms with Crippen molar-refractivity contribution in [2.24, 2.45) is 5.92 Å². The second-order valence-corrected chi connectivity index (χ2v) is 11.5. The summed E-state index contributed by atoms with van der Waals surface area (Å²) in [7, 11) is 1.55. The number of ether oxygens (including phenoxy) is 2. The third-order valence-corrected chi connectivity index (χ3v) is 9.03. The van der Waals surface area contributed by atoms with E-state index < -0.39 is 11.8 Å². The molecule has 10 nitrogen and oxygen atoms in total. The Labute approximate surface area is 252 Å². The summed E-state index contributed by atoms with van der Waals surface area (Å²) in [6, 6.07) is 16.4. The van der Waals surface area contributed by atoms with Gasteiger partial charge >= 0.3 is 0 Å². The van der Waals surface area contributed by atoms with Gasteiger partial charge in [-0.05, 0) is 42.3 Å². The van der Waals surface area contributed by atoms with Crippen LogP contribution in [0.4, 0.5) is 0 Å². The number of pyridine rings is 1. The Hall–Kier alpha value is -4.64. The zero-order valence-electron chi connectivity index (χ0n) is 23.7. The molecule has 222 valence electrons. The molecule has 4 heterocycles. The number of benzene rings is 2. The average Bonchev–Trinajstić information content (AvgIpc) is 3.67. The number of aromatic hydroxyl groups is 1. The van der Waals surface area contributed by atoms with Gasteiger partial charge in [0.1, 0.15) is 12.4 Å². The Kier molecular flexibility index (Phi) is 8.15. The largest absolute Gasteiger partial charge is 0.505 e. The lowest BCUT2D eigenvalue weighted by Crippen LogP contribution is -2.39. The van der Waals surface area contributed by atoms with Crippen LogP contribution in [0.1, 0.15) is 38.7 Å². The molecule has 1 fully saturated rings. The molecule has 43 heavy (non-hydrogen) atoms. The summed E-state index contributed by atoms with van der Waals surface area (Å²) in [5, 5.41) is 16.0. The minimum atomic E-state index is -0.471. The fourth-order valence-electron chi connectivity index (χ4n) is 5.83. The zero-order valence-corrected chi connectivity index (χ0v) is 24.5. The van der Waals surface area contributed by atoms with Gasteiger partial charge in [-0.1, -0.05) is 24.3 Å². The molecular weight excluding hydrogens is 568 g/mol. The third-order valence-electron chi connectivity index (χ3n) is 8.07. The van der Waals surface area contributed by atoms with Gasteiger partial charge in [0, 0.05) is 53.8 Å². The topological polar surface area (TPSA) is 121 Å². The maximum atomic E-state index is 13.7. The van der Waals surface area contributed by atoms with Crippen molar-refractivity contribution in [2.75, 3.05) is 46.4 Å².